The summed E-state index contributed by atoms with van der Waals surface area (Å²) in [6.45, 7) is 3.26. The number of para-hydroxylation sites is 1. The maximum atomic E-state index is 12.7. The number of aromatic nitrogens is 1. The molecule has 0 aliphatic heterocycles. The highest BCUT2D eigenvalue weighted by molar-refractivity contribution is 5.98. The van der Waals surface area contributed by atoms with Gasteiger partial charge >= 0.3 is 6.18 Å². The van der Waals surface area contributed by atoms with Crippen molar-refractivity contribution >= 4 is 17.4 Å². The van der Waals surface area contributed by atoms with Crippen LogP contribution in [0.1, 0.15) is 19.4 Å². The van der Waals surface area contributed by atoms with Crippen LogP contribution in [-0.4, -0.2) is 16.4 Å². The van der Waals surface area contributed by atoms with Gasteiger partial charge in [-0.25, -0.2) is 4.98 Å². The Balaban J connectivity index is 2.12. The first kappa shape index (κ1) is 16.8. The van der Waals surface area contributed by atoms with Gasteiger partial charge in [0.05, 0.1) is 5.56 Å². The fourth-order valence-electron chi connectivity index (χ4n) is 1.89. The van der Waals surface area contributed by atoms with E-state index in [9.17, 15) is 18.0 Å². The molecule has 0 atom stereocenters. The Morgan fingerprint density at radius 1 is 1.09 bits per heavy atom. The van der Waals surface area contributed by atoms with Gasteiger partial charge in [0.1, 0.15) is 11.4 Å². The molecule has 0 radical (unpaired) electrons. The number of anilines is 2. The van der Waals surface area contributed by atoms with Crippen LogP contribution < -0.4 is 10.6 Å². The van der Waals surface area contributed by atoms with Crippen LogP contribution in [0.4, 0.5) is 24.7 Å². The summed E-state index contributed by atoms with van der Waals surface area (Å²) in [5, 5.41) is 5.42. The molecule has 0 saturated carbocycles. The SMILES string of the molecule is CC(C)(Nc1ccccc1)C(=O)Nc1cc(C(F)(F)F)ccn1. The molecule has 2 rings (SSSR count). The van der Waals surface area contributed by atoms with Gasteiger partial charge in [-0.2, -0.15) is 13.2 Å². The highest BCUT2D eigenvalue weighted by Crippen LogP contribution is 2.30. The second-order valence-corrected chi connectivity index (χ2v) is 5.50. The van der Waals surface area contributed by atoms with Crippen molar-refractivity contribution in [3.8, 4) is 0 Å². The third-order valence-electron chi connectivity index (χ3n) is 3.13. The smallest absolute Gasteiger partial charge is 0.372 e. The van der Waals surface area contributed by atoms with Crippen LogP contribution in [0.25, 0.3) is 0 Å². The molecule has 1 heterocycles. The van der Waals surface area contributed by atoms with E-state index in [1.807, 2.05) is 18.2 Å². The number of hydrogen-bond donors (Lipinski definition) is 2. The molecular weight excluding hydrogens is 307 g/mol. The van der Waals surface area contributed by atoms with Gasteiger partial charge in [0.2, 0.25) is 0 Å². The molecule has 1 aromatic carbocycles. The van der Waals surface area contributed by atoms with Crippen LogP contribution in [0, 0.1) is 0 Å². The summed E-state index contributed by atoms with van der Waals surface area (Å²) in [7, 11) is 0. The summed E-state index contributed by atoms with van der Waals surface area (Å²) in [6.07, 6.45) is -3.48. The van der Waals surface area contributed by atoms with Gasteiger partial charge in [0.15, 0.2) is 0 Å². The van der Waals surface area contributed by atoms with Crippen LogP contribution in [0.5, 0.6) is 0 Å². The van der Waals surface area contributed by atoms with Gasteiger partial charge in [0.25, 0.3) is 5.91 Å². The highest BCUT2D eigenvalue weighted by Gasteiger charge is 2.32. The predicted molar refractivity (Wildman–Crippen MR) is 82.0 cm³/mol. The summed E-state index contributed by atoms with van der Waals surface area (Å²) in [6, 6.07) is 10.7. The molecular formula is C16H16F3N3O. The first-order valence-corrected chi connectivity index (χ1v) is 6.86. The lowest BCUT2D eigenvalue weighted by Gasteiger charge is -2.26. The van der Waals surface area contributed by atoms with Gasteiger partial charge in [-0.15, -0.1) is 0 Å². The number of halogens is 3. The van der Waals surface area contributed by atoms with Gasteiger partial charge in [0, 0.05) is 11.9 Å². The van der Waals surface area contributed by atoms with Gasteiger partial charge in [-0.1, -0.05) is 18.2 Å². The molecule has 1 amide bonds. The average Bonchev–Trinajstić information content (AvgIpc) is 2.47. The molecule has 0 unspecified atom stereocenters. The molecule has 0 spiro atoms. The number of hydrogen-bond acceptors (Lipinski definition) is 3. The molecule has 0 aliphatic carbocycles. The van der Waals surface area contributed by atoms with Crippen molar-refractivity contribution < 1.29 is 18.0 Å². The Morgan fingerprint density at radius 2 is 1.74 bits per heavy atom. The molecule has 4 nitrogen and oxygen atoms in total. The number of nitrogens with one attached hydrogen (secondary N) is 2. The van der Waals surface area contributed by atoms with E-state index in [0.717, 1.165) is 24.0 Å². The number of carbonyl (C=O) groups excluding carboxylic acids is 1. The number of alkyl halides is 3. The topological polar surface area (TPSA) is 54.0 Å². The van der Waals surface area contributed by atoms with Crippen molar-refractivity contribution in [1.29, 1.82) is 0 Å². The maximum absolute atomic E-state index is 12.7. The standard InChI is InChI=1S/C16H16F3N3O/c1-15(2,22-12-6-4-3-5-7-12)14(23)21-13-10-11(8-9-20-13)16(17,18)19/h3-10,22H,1-2H3,(H,20,21,23). The first-order valence-electron chi connectivity index (χ1n) is 6.86. The number of nitrogens with zero attached hydrogens (tertiary/aromatic N) is 1. The predicted octanol–water partition coefficient (Wildman–Crippen LogP) is 3.93. The molecule has 0 saturated heterocycles. The Morgan fingerprint density at radius 3 is 2.35 bits per heavy atom. The molecule has 0 bridgehead atoms. The van der Waals surface area contributed by atoms with Crippen molar-refractivity contribution in [3.63, 3.8) is 0 Å². The maximum Gasteiger partial charge on any atom is 0.416 e. The molecule has 23 heavy (non-hydrogen) atoms. The zero-order chi connectivity index (χ0) is 17.1. The minimum absolute atomic E-state index is 0.146. The molecule has 1 aromatic heterocycles. The quantitative estimate of drug-likeness (QED) is 0.896. The lowest BCUT2D eigenvalue weighted by molar-refractivity contribution is -0.137. The second kappa shape index (κ2) is 6.28. The summed E-state index contributed by atoms with van der Waals surface area (Å²) in [5.74, 6) is -0.638. The van der Waals surface area contributed by atoms with Crippen LogP contribution in [0.2, 0.25) is 0 Å². The van der Waals surface area contributed by atoms with E-state index in [-0.39, 0.29) is 5.82 Å². The largest absolute Gasteiger partial charge is 0.416 e. The van der Waals surface area contributed by atoms with E-state index >= 15 is 0 Å². The Kier molecular flexibility index (Phi) is 4.58. The van der Waals surface area contributed by atoms with Crippen molar-refractivity contribution in [2.75, 3.05) is 10.6 Å². The third-order valence-corrected chi connectivity index (χ3v) is 3.13. The molecule has 2 N–H and O–H groups in total. The zero-order valence-electron chi connectivity index (χ0n) is 12.6. The molecule has 0 aliphatic rings. The second-order valence-electron chi connectivity index (χ2n) is 5.50. The van der Waals surface area contributed by atoms with Crippen LogP contribution in [0.15, 0.2) is 48.7 Å². The number of amides is 1. The van der Waals surface area contributed by atoms with E-state index in [4.69, 9.17) is 0 Å². The zero-order valence-corrected chi connectivity index (χ0v) is 12.6. The summed E-state index contributed by atoms with van der Waals surface area (Å²) in [5.41, 5.74) is -1.17. The van der Waals surface area contributed by atoms with E-state index < -0.39 is 23.2 Å². The molecule has 7 heteroatoms. The number of benzene rings is 1. The fraction of sp³-hybridized carbons (Fsp3) is 0.250. The van der Waals surface area contributed by atoms with Crippen LogP contribution in [-0.2, 0) is 11.0 Å². The number of rotatable bonds is 4. The lowest BCUT2D eigenvalue weighted by atomic mass is 10.0. The Bertz CT molecular complexity index is 684. The average molecular weight is 323 g/mol. The minimum Gasteiger partial charge on any atom is -0.372 e. The molecule has 2 aromatic rings. The van der Waals surface area contributed by atoms with E-state index in [1.54, 1.807) is 26.0 Å². The van der Waals surface area contributed by atoms with E-state index in [1.165, 1.54) is 0 Å². The first-order chi connectivity index (χ1) is 10.7. The lowest BCUT2D eigenvalue weighted by Crippen LogP contribution is -2.44. The van der Waals surface area contributed by atoms with Crippen LogP contribution in [0.3, 0.4) is 0 Å². The normalized spacial score (nSPS) is 11.9. The number of pyridine rings is 1. The summed E-state index contributed by atoms with van der Waals surface area (Å²) < 4.78 is 38.0. The van der Waals surface area contributed by atoms with Gasteiger partial charge in [-0.05, 0) is 38.1 Å². The van der Waals surface area contributed by atoms with Crippen molar-refractivity contribution in [3.05, 3.63) is 54.2 Å². The Hall–Kier alpha value is -2.57. The summed E-state index contributed by atoms with van der Waals surface area (Å²) in [4.78, 5) is 16.1. The van der Waals surface area contributed by atoms with E-state index in [0.29, 0.717) is 0 Å². The van der Waals surface area contributed by atoms with Crippen LogP contribution >= 0.6 is 0 Å². The third kappa shape index (κ3) is 4.45. The van der Waals surface area contributed by atoms with Gasteiger partial charge in [-0.3, -0.25) is 4.79 Å². The summed E-state index contributed by atoms with van der Waals surface area (Å²) >= 11 is 0. The van der Waals surface area contributed by atoms with Crippen molar-refractivity contribution in [2.45, 2.75) is 25.6 Å². The van der Waals surface area contributed by atoms with Gasteiger partial charge < -0.3 is 10.6 Å². The van der Waals surface area contributed by atoms with Crippen molar-refractivity contribution in [2.24, 2.45) is 0 Å². The Labute approximate surface area is 131 Å². The molecule has 122 valence electrons. The molecule has 0 fully saturated rings. The number of carbonyl (C=O) groups is 1. The highest BCUT2D eigenvalue weighted by atomic mass is 19.4. The monoisotopic (exact) mass is 323 g/mol. The fourth-order valence-corrected chi connectivity index (χ4v) is 1.89. The van der Waals surface area contributed by atoms with Crippen molar-refractivity contribution in [1.82, 2.24) is 4.98 Å². The minimum atomic E-state index is -4.49. The van der Waals surface area contributed by atoms with E-state index in [2.05, 4.69) is 15.6 Å².